The van der Waals surface area contributed by atoms with E-state index >= 15 is 0 Å². The van der Waals surface area contributed by atoms with Crippen molar-refractivity contribution in [3.05, 3.63) is 35.6 Å². The summed E-state index contributed by atoms with van der Waals surface area (Å²) in [6, 6.07) is 7.27. The number of hydrogen-bond acceptors (Lipinski definition) is 6. The van der Waals surface area contributed by atoms with E-state index < -0.39 is 0 Å². The van der Waals surface area contributed by atoms with Gasteiger partial charge in [0.1, 0.15) is 16.6 Å². The van der Waals surface area contributed by atoms with Crippen LogP contribution in [0.4, 0.5) is 11.5 Å². The van der Waals surface area contributed by atoms with Crippen LogP contribution in [-0.2, 0) is 0 Å². The van der Waals surface area contributed by atoms with Gasteiger partial charge in [0.05, 0.1) is 18.0 Å². The predicted octanol–water partition coefficient (Wildman–Crippen LogP) is 3.03. The second kappa shape index (κ2) is 7.80. The SMILES string of the molecule is COc1cc(N)ccc1-n1nc(NCCCN(C)C)c2cnc(Cl)cc21. The van der Waals surface area contributed by atoms with E-state index in [0.717, 1.165) is 41.9 Å². The Labute approximate surface area is 157 Å². The number of nitrogens with zero attached hydrogens (tertiary/aromatic N) is 4. The average molecular weight is 375 g/mol. The number of rotatable bonds is 7. The predicted molar refractivity (Wildman–Crippen MR) is 107 cm³/mol. The van der Waals surface area contributed by atoms with Gasteiger partial charge in [-0.1, -0.05) is 11.6 Å². The molecular formula is C18H23ClN6O. The number of halogens is 1. The van der Waals surface area contributed by atoms with Gasteiger partial charge in [0.25, 0.3) is 0 Å². The van der Waals surface area contributed by atoms with Crippen LogP contribution in [0.1, 0.15) is 6.42 Å². The topological polar surface area (TPSA) is 81.2 Å². The van der Waals surface area contributed by atoms with Gasteiger partial charge < -0.3 is 20.7 Å². The molecule has 2 aromatic heterocycles. The van der Waals surface area contributed by atoms with E-state index in [9.17, 15) is 0 Å². The van der Waals surface area contributed by atoms with E-state index in [1.807, 2.05) is 12.1 Å². The summed E-state index contributed by atoms with van der Waals surface area (Å²) in [5.41, 5.74) is 8.14. The molecule has 0 aliphatic carbocycles. The van der Waals surface area contributed by atoms with Crippen molar-refractivity contribution in [2.45, 2.75) is 6.42 Å². The van der Waals surface area contributed by atoms with Crippen molar-refractivity contribution in [3.8, 4) is 11.4 Å². The summed E-state index contributed by atoms with van der Waals surface area (Å²) in [5, 5.41) is 9.43. The van der Waals surface area contributed by atoms with Gasteiger partial charge in [-0.05, 0) is 39.2 Å². The van der Waals surface area contributed by atoms with Gasteiger partial charge in [0, 0.05) is 30.6 Å². The molecule has 0 amide bonds. The summed E-state index contributed by atoms with van der Waals surface area (Å²) >= 11 is 6.12. The summed E-state index contributed by atoms with van der Waals surface area (Å²) in [4.78, 5) is 6.35. The summed E-state index contributed by atoms with van der Waals surface area (Å²) < 4.78 is 7.28. The Morgan fingerprint density at radius 2 is 2.12 bits per heavy atom. The van der Waals surface area contributed by atoms with Gasteiger partial charge in [-0.15, -0.1) is 5.10 Å². The first-order valence-electron chi connectivity index (χ1n) is 8.36. The monoisotopic (exact) mass is 374 g/mol. The number of nitrogen functional groups attached to an aromatic ring is 1. The third kappa shape index (κ3) is 3.84. The van der Waals surface area contributed by atoms with E-state index in [1.54, 1.807) is 30.1 Å². The smallest absolute Gasteiger partial charge is 0.158 e. The third-order valence-electron chi connectivity index (χ3n) is 4.04. The highest BCUT2D eigenvalue weighted by molar-refractivity contribution is 6.30. The summed E-state index contributed by atoms with van der Waals surface area (Å²) in [7, 11) is 5.73. The maximum absolute atomic E-state index is 6.12. The Kier molecular flexibility index (Phi) is 5.49. The van der Waals surface area contributed by atoms with Crippen molar-refractivity contribution in [2.75, 3.05) is 45.3 Å². The molecule has 3 aromatic rings. The molecule has 0 aliphatic heterocycles. The van der Waals surface area contributed by atoms with Crippen LogP contribution < -0.4 is 15.8 Å². The largest absolute Gasteiger partial charge is 0.494 e. The molecule has 26 heavy (non-hydrogen) atoms. The number of hydrogen-bond donors (Lipinski definition) is 2. The average Bonchev–Trinajstić information content (AvgIpc) is 2.96. The number of nitrogens with one attached hydrogen (secondary N) is 1. The maximum Gasteiger partial charge on any atom is 0.158 e. The molecular weight excluding hydrogens is 352 g/mol. The van der Waals surface area contributed by atoms with Crippen LogP contribution in [0.15, 0.2) is 30.5 Å². The summed E-state index contributed by atoms with van der Waals surface area (Å²) in [6.07, 6.45) is 2.74. The highest BCUT2D eigenvalue weighted by Crippen LogP contribution is 2.31. The van der Waals surface area contributed by atoms with Gasteiger partial charge in [-0.25, -0.2) is 9.67 Å². The zero-order chi connectivity index (χ0) is 18.7. The molecule has 1 aromatic carbocycles. The van der Waals surface area contributed by atoms with Gasteiger partial charge >= 0.3 is 0 Å². The van der Waals surface area contributed by atoms with Crippen LogP contribution in [0, 0.1) is 0 Å². The van der Waals surface area contributed by atoms with Crippen LogP contribution in [0.2, 0.25) is 5.15 Å². The number of fused-ring (bicyclic) bond motifs is 1. The van der Waals surface area contributed by atoms with Gasteiger partial charge in [-0.2, -0.15) is 0 Å². The lowest BCUT2D eigenvalue weighted by Gasteiger charge is -2.10. The molecule has 0 atom stereocenters. The normalized spacial score (nSPS) is 11.3. The number of anilines is 2. The third-order valence-corrected chi connectivity index (χ3v) is 4.25. The van der Waals surface area contributed by atoms with Gasteiger partial charge in [0.15, 0.2) is 5.82 Å². The first kappa shape index (κ1) is 18.3. The fourth-order valence-corrected chi connectivity index (χ4v) is 2.92. The summed E-state index contributed by atoms with van der Waals surface area (Å²) in [6.45, 7) is 1.81. The van der Waals surface area contributed by atoms with Crippen molar-refractivity contribution >= 4 is 34.0 Å². The number of benzene rings is 1. The van der Waals surface area contributed by atoms with Crippen molar-refractivity contribution < 1.29 is 4.74 Å². The first-order valence-corrected chi connectivity index (χ1v) is 8.74. The Morgan fingerprint density at radius 3 is 2.85 bits per heavy atom. The van der Waals surface area contributed by atoms with Crippen LogP contribution in [0.5, 0.6) is 5.75 Å². The van der Waals surface area contributed by atoms with Crippen LogP contribution in [0.25, 0.3) is 16.6 Å². The summed E-state index contributed by atoms with van der Waals surface area (Å²) in [5.74, 6) is 1.41. The van der Waals surface area contributed by atoms with Crippen LogP contribution in [0.3, 0.4) is 0 Å². The van der Waals surface area contributed by atoms with Gasteiger partial charge in [-0.3, -0.25) is 0 Å². The quantitative estimate of drug-likeness (QED) is 0.376. The Bertz CT molecular complexity index is 908. The molecule has 138 valence electrons. The molecule has 0 aliphatic rings. The Balaban J connectivity index is 2.01. The second-order valence-electron chi connectivity index (χ2n) is 6.30. The molecule has 0 saturated carbocycles. The van der Waals surface area contributed by atoms with Crippen LogP contribution >= 0.6 is 11.6 Å². The van der Waals surface area contributed by atoms with Crippen molar-refractivity contribution in [2.24, 2.45) is 0 Å². The molecule has 0 bridgehead atoms. The molecule has 2 heterocycles. The lowest BCUT2D eigenvalue weighted by molar-refractivity contribution is 0.405. The van der Waals surface area contributed by atoms with Gasteiger partial charge in [0.2, 0.25) is 0 Å². The van der Waals surface area contributed by atoms with Crippen molar-refractivity contribution in [1.82, 2.24) is 19.7 Å². The zero-order valence-electron chi connectivity index (χ0n) is 15.2. The van der Waals surface area contributed by atoms with E-state index in [-0.39, 0.29) is 0 Å². The number of aromatic nitrogens is 3. The highest BCUT2D eigenvalue weighted by atomic mass is 35.5. The highest BCUT2D eigenvalue weighted by Gasteiger charge is 2.16. The molecule has 8 heteroatoms. The molecule has 0 unspecified atom stereocenters. The second-order valence-corrected chi connectivity index (χ2v) is 6.69. The van der Waals surface area contributed by atoms with E-state index in [2.05, 4.69) is 29.3 Å². The molecule has 3 rings (SSSR count). The van der Waals surface area contributed by atoms with Crippen molar-refractivity contribution in [1.29, 1.82) is 0 Å². The fourth-order valence-electron chi connectivity index (χ4n) is 2.77. The minimum absolute atomic E-state index is 0.409. The standard InChI is InChI=1S/C18H23ClN6O/c1-24(2)8-4-7-21-18-13-11-22-17(19)10-15(13)25(23-18)14-6-5-12(20)9-16(14)26-3/h5-6,9-11H,4,7-8,20H2,1-3H3,(H,21,23). The molecule has 0 radical (unpaired) electrons. The molecule has 0 spiro atoms. The minimum atomic E-state index is 0.409. The minimum Gasteiger partial charge on any atom is -0.494 e. The first-order chi connectivity index (χ1) is 12.5. The number of ether oxygens (including phenoxy) is 1. The lowest BCUT2D eigenvalue weighted by atomic mass is 10.2. The Hall–Kier alpha value is -2.51. The van der Waals surface area contributed by atoms with E-state index in [4.69, 9.17) is 27.2 Å². The molecule has 0 fully saturated rings. The molecule has 0 saturated heterocycles. The fraction of sp³-hybridized carbons (Fsp3) is 0.333. The van der Waals surface area contributed by atoms with E-state index in [0.29, 0.717) is 16.6 Å². The molecule has 7 nitrogen and oxygen atoms in total. The Morgan fingerprint density at radius 1 is 1.31 bits per heavy atom. The van der Waals surface area contributed by atoms with Crippen LogP contribution in [-0.4, -0.2) is 54.0 Å². The maximum atomic E-state index is 6.12. The zero-order valence-corrected chi connectivity index (χ0v) is 15.9. The lowest BCUT2D eigenvalue weighted by Crippen LogP contribution is -2.16. The number of methoxy groups -OCH3 is 1. The number of nitrogens with two attached hydrogens (primary N) is 1. The van der Waals surface area contributed by atoms with Crippen molar-refractivity contribution in [3.63, 3.8) is 0 Å². The number of pyridine rings is 1. The van der Waals surface area contributed by atoms with E-state index in [1.165, 1.54) is 0 Å². The molecule has 3 N–H and O–H groups in total.